The summed E-state index contributed by atoms with van der Waals surface area (Å²) in [6.45, 7) is 11.5. The number of rotatable bonds is 58. The molecule has 0 saturated heterocycles. The van der Waals surface area contributed by atoms with Crippen molar-refractivity contribution in [1.82, 2.24) is 0 Å². The number of esters is 3. The molecule has 6 heteroatoms. The predicted molar refractivity (Wildman–Crippen MR) is 303 cm³/mol. The van der Waals surface area contributed by atoms with Crippen LogP contribution in [0.5, 0.6) is 0 Å². The molecule has 6 nitrogen and oxygen atoms in total. The largest absolute Gasteiger partial charge is 0.462 e. The third-order valence-corrected chi connectivity index (χ3v) is 15.1. The molecule has 0 heterocycles. The fraction of sp³-hybridized carbons (Fsp3) is 0.953. The molecule has 1 unspecified atom stereocenters. The topological polar surface area (TPSA) is 78.9 Å². The van der Waals surface area contributed by atoms with Crippen LogP contribution in [0.25, 0.3) is 0 Å². The van der Waals surface area contributed by atoms with Crippen LogP contribution in [0.4, 0.5) is 0 Å². The standard InChI is InChI=1S/C64H124O6/c1-6-8-9-10-11-12-13-14-15-16-20-23-26-29-34-39-44-49-54-62(65)68-57-61(58-69-63(66)55-50-45-40-36-31-32-37-42-47-52-59(3)4)70-64(67)56-51-46-41-35-30-27-24-21-18-17-19-22-25-28-33-38-43-48-53-60(5)7-2/h59-61H,6-58H2,1-5H3/t60?,61-/m1/s1. The van der Waals surface area contributed by atoms with Gasteiger partial charge in [-0.1, -0.05) is 324 Å². The number of carbonyl (C=O) groups excluding carboxylic acids is 3. The fourth-order valence-corrected chi connectivity index (χ4v) is 9.90. The maximum atomic E-state index is 12.9. The molecule has 0 aromatic heterocycles. The minimum absolute atomic E-state index is 0.0623. The minimum atomic E-state index is -0.764. The van der Waals surface area contributed by atoms with Crippen LogP contribution in [0.3, 0.4) is 0 Å². The molecule has 2 atom stereocenters. The molecular weight excluding hydrogens is 865 g/mol. The zero-order valence-corrected chi connectivity index (χ0v) is 48.2. The van der Waals surface area contributed by atoms with Gasteiger partial charge in [-0.2, -0.15) is 0 Å². The van der Waals surface area contributed by atoms with E-state index in [9.17, 15) is 14.4 Å². The van der Waals surface area contributed by atoms with Crippen molar-refractivity contribution >= 4 is 17.9 Å². The van der Waals surface area contributed by atoms with Crippen LogP contribution in [-0.2, 0) is 28.6 Å². The molecule has 0 aromatic carbocycles. The van der Waals surface area contributed by atoms with Gasteiger partial charge in [0.2, 0.25) is 0 Å². The smallest absolute Gasteiger partial charge is 0.306 e. The molecule has 0 N–H and O–H groups in total. The van der Waals surface area contributed by atoms with E-state index in [0.717, 1.165) is 69.6 Å². The Morgan fingerprint density at radius 2 is 0.543 bits per heavy atom. The van der Waals surface area contributed by atoms with Gasteiger partial charge in [-0.25, -0.2) is 0 Å². The first kappa shape index (κ1) is 68.4. The summed E-state index contributed by atoms with van der Waals surface area (Å²) in [5.74, 6) is 0.883. The number of hydrogen-bond donors (Lipinski definition) is 0. The average Bonchev–Trinajstić information content (AvgIpc) is 3.35. The van der Waals surface area contributed by atoms with Gasteiger partial charge in [0.1, 0.15) is 13.2 Å². The quantitative estimate of drug-likeness (QED) is 0.0343. The Bertz CT molecular complexity index is 1070. The van der Waals surface area contributed by atoms with E-state index in [1.807, 2.05) is 0 Å². The molecule has 0 bridgehead atoms. The molecular formula is C64H124O6. The highest BCUT2D eigenvalue weighted by molar-refractivity contribution is 5.71. The lowest BCUT2D eigenvalue weighted by atomic mass is 9.99. The van der Waals surface area contributed by atoms with Gasteiger partial charge < -0.3 is 14.2 Å². The summed E-state index contributed by atoms with van der Waals surface area (Å²) >= 11 is 0. The molecule has 0 saturated carbocycles. The van der Waals surface area contributed by atoms with Crippen molar-refractivity contribution < 1.29 is 28.6 Å². The van der Waals surface area contributed by atoms with E-state index in [2.05, 4.69) is 34.6 Å². The molecule has 0 aliphatic rings. The van der Waals surface area contributed by atoms with Crippen LogP contribution in [0.15, 0.2) is 0 Å². The highest BCUT2D eigenvalue weighted by Gasteiger charge is 2.19. The van der Waals surface area contributed by atoms with Crippen LogP contribution in [-0.4, -0.2) is 37.2 Å². The van der Waals surface area contributed by atoms with Crippen LogP contribution in [0, 0.1) is 11.8 Å². The van der Waals surface area contributed by atoms with Crippen LogP contribution < -0.4 is 0 Å². The SMILES string of the molecule is CCCCCCCCCCCCCCCCCCCCC(=O)OC[C@H](COC(=O)CCCCCCCCCCCC(C)C)OC(=O)CCCCCCCCCCCCCCCCCCCCC(C)CC. The average molecular weight is 990 g/mol. The Morgan fingerprint density at radius 1 is 0.300 bits per heavy atom. The third kappa shape index (κ3) is 55.7. The van der Waals surface area contributed by atoms with Crippen LogP contribution >= 0.6 is 0 Å². The van der Waals surface area contributed by atoms with E-state index in [1.165, 1.54) is 250 Å². The van der Waals surface area contributed by atoms with Crippen LogP contribution in [0.1, 0.15) is 362 Å². The monoisotopic (exact) mass is 989 g/mol. The molecule has 0 rings (SSSR count). The molecule has 0 spiro atoms. The van der Waals surface area contributed by atoms with Gasteiger partial charge in [-0.15, -0.1) is 0 Å². The zero-order chi connectivity index (χ0) is 51.1. The van der Waals surface area contributed by atoms with Crippen molar-refractivity contribution in [2.24, 2.45) is 11.8 Å². The van der Waals surface area contributed by atoms with Crippen LogP contribution in [0.2, 0.25) is 0 Å². The normalized spacial score (nSPS) is 12.4. The first-order chi connectivity index (χ1) is 34.3. The highest BCUT2D eigenvalue weighted by Crippen LogP contribution is 2.19. The summed E-state index contributed by atoms with van der Waals surface area (Å²) in [5.41, 5.74) is 0. The number of unbranched alkanes of at least 4 members (excludes halogenated alkanes) is 42. The summed E-state index contributed by atoms with van der Waals surface area (Å²) in [6, 6.07) is 0. The molecule has 416 valence electrons. The predicted octanol–water partition coefficient (Wildman–Crippen LogP) is 21.2. The highest BCUT2D eigenvalue weighted by atomic mass is 16.6. The summed E-state index contributed by atoms with van der Waals surface area (Å²) in [4.78, 5) is 38.2. The molecule has 0 amide bonds. The Kier molecular flexibility index (Phi) is 55.4. The number of hydrogen-bond acceptors (Lipinski definition) is 6. The van der Waals surface area contributed by atoms with Crippen molar-refractivity contribution in [2.45, 2.75) is 368 Å². The van der Waals surface area contributed by atoms with Gasteiger partial charge in [0.15, 0.2) is 6.10 Å². The Labute approximate surface area is 438 Å². The third-order valence-electron chi connectivity index (χ3n) is 15.1. The maximum Gasteiger partial charge on any atom is 0.306 e. The second kappa shape index (κ2) is 56.7. The van der Waals surface area contributed by atoms with Gasteiger partial charge in [-0.05, 0) is 31.1 Å². The summed E-state index contributed by atoms with van der Waals surface area (Å²) in [7, 11) is 0. The summed E-state index contributed by atoms with van der Waals surface area (Å²) in [6.07, 6.45) is 62.5. The van der Waals surface area contributed by atoms with E-state index in [-0.39, 0.29) is 31.1 Å². The summed E-state index contributed by atoms with van der Waals surface area (Å²) in [5, 5.41) is 0. The van der Waals surface area contributed by atoms with E-state index in [4.69, 9.17) is 14.2 Å². The Balaban J connectivity index is 4.24. The first-order valence-corrected chi connectivity index (χ1v) is 31.8. The van der Waals surface area contributed by atoms with Crippen molar-refractivity contribution in [3.63, 3.8) is 0 Å². The van der Waals surface area contributed by atoms with E-state index < -0.39 is 6.10 Å². The van der Waals surface area contributed by atoms with Crippen molar-refractivity contribution in [2.75, 3.05) is 13.2 Å². The van der Waals surface area contributed by atoms with Gasteiger partial charge in [-0.3, -0.25) is 14.4 Å². The molecule has 0 radical (unpaired) electrons. The molecule has 0 aliphatic carbocycles. The van der Waals surface area contributed by atoms with Crippen molar-refractivity contribution in [3.05, 3.63) is 0 Å². The van der Waals surface area contributed by atoms with E-state index in [0.29, 0.717) is 19.3 Å². The maximum absolute atomic E-state index is 12.9. The number of carbonyl (C=O) groups is 3. The molecule has 70 heavy (non-hydrogen) atoms. The second-order valence-corrected chi connectivity index (χ2v) is 22.8. The lowest BCUT2D eigenvalue weighted by Crippen LogP contribution is -2.30. The second-order valence-electron chi connectivity index (χ2n) is 22.8. The minimum Gasteiger partial charge on any atom is -0.462 e. The van der Waals surface area contributed by atoms with Gasteiger partial charge in [0, 0.05) is 19.3 Å². The van der Waals surface area contributed by atoms with Crippen molar-refractivity contribution in [1.29, 1.82) is 0 Å². The molecule has 0 fully saturated rings. The molecule has 0 aliphatic heterocycles. The summed E-state index contributed by atoms with van der Waals surface area (Å²) < 4.78 is 16.9. The van der Waals surface area contributed by atoms with E-state index >= 15 is 0 Å². The Hall–Kier alpha value is -1.59. The lowest BCUT2D eigenvalue weighted by Gasteiger charge is -2.18. The van der Waals surface area contributed by atoms with Gasteiger partial charge >= 0.3 is 17.9 Å². The van der Waals surface area contributed by atoms with Gasteiger partial charge in [0.25, 0.3) is 0 Å². The zero-order valence-electron chi connectivity index (χ0n) is 48.2. The van der Waals surface area contributed by atoms with E-state index in [1.54, 1.807) is 0 Å². The first-order valence-electron chi connectivity index (χ1n) is 31.8. The van der Waals surface area contributed by atoms with Gasteiger partial charge in [0.05, 0.1) is 0 Å². The van der Waals surface area contributed by atoms with Crippen molar-refractivity contribution in [3.8, 4) is 0 Å². The Morgan fingerprint density at radius 3 is 0.814 bits per heavy atom. The fourth-order valence-electron chi connectivity index (χ4n) is 9.90. The molecule has 0 aromatic rings. The number of ether oxygens (including phenoxy) is 3. The lowest BCUT2D eigenvalue weighted by molar-refractivity contribution is -0.167.